The topological polar surface area (TPSA) is 13.0 Å². The standard InChI is InChI=1S/C68H56N4/c1-50-67-28-16-15-19-54(67)33-46-68(50)72(59-26-9-4-10-27-59)64-44-42-62(43-45-64)70(61-38-40-63(41-39-61)71(58-24-7-3-8-25-58)66-37-32-53-18-12-14-21-56(53)48-66)60-34-29-51(30-35-60)49-69(57-22-5-2-6-23-57)65-36-31-52-17-11-13-20-55(52)47-65/h2-31,33-48,50,53,67H,32,49H2,1H3. The fourth-order valence-corrected chi connectivity index (χ4v) is 10.8. The molecule has 4 aliphatic rings. The second-order valence-electron chi connectivity index (χ2n) is 19.0. The van der Waals surface area contributed by atoms with Gasteiger partial charge in [0.05, 0.1) is 0 Å². The molecule has 0 fully saturated rings. The van der Waals surface area contributed by atoms with E-state index in [0.29, 0.717) is 18.4 Å². The number of fused-ring (bicyclic) bond motifs is 3. The average molecular weight is 929 g/mol. The number of anilines is 9. The quantitative estimate of drug-likeness (QED) is 0.114. The van der Waals surface area contributed by atoms with Gasteiger partial charge in [-0.05, 0) is 155 Å². The summed E-state index contributed by atoms with van der Waals surface area (Å²) in [6.07, 6.45) is 28.1. The van der Waals surface area contributed by atoms with Crippen molar-refractivity contribution in [2.75, 3.05) is 19.6 Å². The van der Waals surface area contributed by atoms with E-state index < -0.39 is 0 Å². The van der Waals surface area contributed by atoms with Crippen LogP contribution in [0.1, 0.15) is 18.9 Å². The van der Waals surface area contributed by atoms with Gasteiger partial charge in [-0.25, -0.2) is 0 Å². The Labute approximate surface area is 424 Å². The van der Waals surface area contributed by atoms with Crippen LogP contribution in [0.25, 0.3) is 10.8 Å². The van der Waals surface area contributed by atoms with E-state index >= 15 is 0 Å². The molecule has 348 valence electrons. The van der Waals surface area contributed by atoms with Gasteiger partial charge in [-0.1, -0.05) is 165 Å². The number of rotatable bonds is 13. The third-order valence-corrected chi connectivity index (χ3v) is 14.5. The smallest absolute Gasteiger partial charge is 0.0481 e. The number of hydrogen-bond donors (Lipinski definition) is 0. The van der Waals surface area contributed by atoms with Crippen LogP contribution in [0, 0.1) is 17.8 Å². The zero-order chi connectivity index (χ0) is 48.2. The summed E-state index contributed by atoms with van der Waals surface area (Å²) in [5.41, 5.74) is 16.4. The van der Waals surface area contributed by atoms with E-state index in [2.05, 4.69) is 306 Å². The van der Waals surface area contributed by atoms with E-state index in [1.165, 1.54) is 38.9 Å². The lowest BCUT2D eigenvalue weighted by Crippen LogP contribution is -2.28. The molecule has 3 atom stereocenters. The van der Waals surface area contributed by atoms with Gasteiger partial charge in [-0.2, -0.15) is 0 Å². The molecule has 4 aliphatic carbocycles. The normalized spacial score (nSPS) is 17.5. The predicted octanol–water partition coefficient (Wildman–Crippen LogP) is 18.1. The van der Waals surface area contributed by atoms with Gasteiger partial charge in [0.25, 0.3) is 0 Å². The minimum atomic E-state index is 0.284. The number of para-hydroxylation sites is 3. The Morgan fingerprint density at radius 1 is 0.417 bits per heavy atom. The van der Waals surface area contributed by atoms with Crippen LogP contribution in [-0.4, -0.2) is 0 Å². The van der Waals surface area contributed by atoms with E-state index in [1.807, 2.05) is 0 Å². The summed E-state index contributed by atoms with van der Waals surface area (Å²) in [6.45, 7) is 3.07. The highest BCUT2D eigenvalue weighted by Gasteiger charge is 2.30. The zero-order valence-electron chi connectivity index (χ0n) is 40.5. The lowest BCUT2D eigenvalue weighted by atomic mass is 9.78. The molecular formula is C68H56N4. The second-order valence-corrected chi connectivity index (χ2v) is 19.0. The molecule has 8 aromatic rings. The summed E-state index contributed by atoms with van der Waals surface area (Å²) in [5.74, 6) is 1.03. The first-order chi connectivity index (χ1) is 35.6. The Kier molecular flexibility index (Phi) is 12.2. The highest BCUT2D eigenvalue weighted by atomic mass is 15.2. The molecule has 0 N–H and O–H groups in total. The molecule has 0 spiro atoms. The van der Waals surface area contributed by atoms with Crippen molar-refractivity contribution in [2.24, 2.45) is 17.8 Å². The zero-order valence-corrected chi connectivity index (χ0v) is 40.5. The minimum Gasteiger partial charge on any atom is -0.337 e. The third-order valence-electron chi connectivity index (χ3n) is 14.5. The highest BCUT2D eigenvalue weighted by Crippen LogP contribution is 2.44. The van der Waals surface area contributed by atoms with E-state index in [1.54, 1.807) is 0 Å². The molecule has 0 aromatic heterocycles. The van der Waals surface area contributed by atoms with Crippen molar-refractivity contribution >= 4 is 62.0 Å². The fourth-order valence-electron chi connectivity index (χ4n) is 10.8. The largest absolute Gasteiger partial charge is 0.337 e. The van der Waals surface area contributed by atoms with Crippen molar-refractivity contribution in [1.82, 2.24) is 0 Å². The van der Waals surface area contributed by atoms with Gasteiger partial charge in [0.2, 0.25) is 0 Å². The Morgan fingerprint density at radius 2 is 0.917 bits per heavy atom. The lowest BCUT2D eigenvalue weighted by molar-refractivity contribution is 0.542. The maximum Gasteiger partial charge on any atom is 0.0481 e. The van der Waals surface area contributed by atoms with E-state index in [9.17, 15) is 0 Å². The summed E-state index contributed by atoms with van der Waals surface area (Å²) in [6, 6.07) is 74.9. The SMILES string of the molecule is CC1C(N(c2ccccc2)c2ccc(N(c3ccc(CN(c4ccccc4)c4ccc5ccccc5c4)cc3)c3ccc(N(C4=CCC5C=CC=CC5=C4)c4ccccc4)cc3)cc2)=CC=C2C=CC=CC21. The molecule has 8 aromatic carbocycles. The van der Waals surface area contributed by atoms with Gasteiger partial charge >= 0.3 is 0 Å². The molecule has 0 saturated heterocycles. The van der Waals surface area contributed by atoms with Crippen molar-refractivity contribution < 1.29 is 0 Å². The maximum absolute atomic E-state index is 2.44. The van der Waals surface area contributed by atoms with Crippen LogP contribution in [0.5, 0.6) is 0 Å². The summed E-state index contributed by atoms with van der Waals surface area (Å²) in [5, 5.41) is 2.47. The van der Waals surface area contributed by atoms with Crippen LogP contribution >= 0.6 is 0 Å². The van der Waals surface area contributed by atoms with Crippen molar-refractivity contribution in [3.8, 4) is 0 Å². The average Bonchev–Trinajstić information content (AvgIpc) is 3.45. The van der Waals surface area contributed by atoms with Crippen molar-refractivity contribution in [3.63, 3.8) is 0 Å². The molecule has 4 heteroatoms. The van der Waals surface area contributed by atoms with Crippen molar-refractivity contribution in [1.29, 1.82) is 0 Å². The molecule has 0 radical (unpaired) electrons. The van der Waals surface area contributed by atoms with Crippen LogP contribution in [0.2, 0.25) is 0 Å². The van der Waals surface area contributed by atoms with E-state index in [0.717, 1.165) is 57.6 Å². The molecule has 0 bridgehead atoms. The first-order valence-electron chi connectivity index (χ1n) is 25.3. The van der Waals surface area contributed by atoms with E-state index in [4.69, 9.17) is 0 Å². The minimum absolute atomic E-state index is 0.284. The monoisotopic (exact) mass is 928 g/mol. The Bertz CT molecular complexity index is 3470. The summed E-state index contributed by atoms with van der Waals surface area (Å²) in [4.78, 5) is 9.62. The number of nitrogens with zero attached hydrogens (tertiary/aromatic N) is 4. The van der Waals surface area contributed by atoms with Gasteiger partial charge in [0.15, 0.2) is 0 Å². The van der Waals surface area contributed by atoms with Crippen LogP contribution in [0.4, 0.5) is 51.2 Å². The summed E-state index contributed by atoms with van der Waals surface area (Å²) < 4.78 is 0. The van der Waals surface area contributed by atoms with Gasteiger partial charge in [-0.15, -0.1) is 0 Å². The van der Waals surface area contributed by atoms with Crippen molar-refractivity contribution in [2.45, 2.75) is 19.9 Å². The number of benzene rings is 8. The third kappa shape index (κ3) is 8.96. The molecule has 72 heavy (non-hydrogen) atoms. The molecule has 0 aliphatic heterocycles. The first-order valence-corrected chi connectivity index (χ1v) is 25.3. The molecule has 0 saturated carbocycles. The van der Waals surface area contributed by atoms with Gasteiger partial charge in [-0.3, -0.25) is 0 Å². The van der Waals surface area contributed by atoms with E-state index in [-0.39, 0.29) is 5.92 Å². The molecule has 3 unspecified atom stereocenters. The Balaban J connectivity index is 0.920. The van der Waals surface area contributed by atoms with Crippen molar-refractivity contribution in [3.05, 3.63) is 307 Å². The first kappa shape index (κ1) is 44.4. The predicted molar refractivity (Wildman–Crippen MR) is 304 cm³/mol. The summed E-state index contributed by atoms with van der Waals surface area (Å²) >= 11 is 0. The summed E-state index contributed by atoms with van der Waals surface area (Å²) in [7, 11) is 0. The van der Waals surface area contributed by atoms with Gasteiger partial charge < -0.3 is 19.6 Å². The molecular weight excluding hydrogens is 873 g/mol. The van der Waals surface area contributed by atoms with Crippen LogP contribution in [-0.2, 0) is 6.54 Å². The fraction of sp³-hybridized carbons (Fsp3) is 0.0882. The molecule has 0 amide bonds. The van der Waals surface area contributed by atoms with Gasteiger partial charge in [0, 0.05) is 86.9 Å². The number of hydrogen-bond acceptors (Lipinski definition) is 4. The number of allylic oxidation sites excluding steroid dienone is 15. The van der Waals surface area contributed by atoms with Crippen LogP contribution in [0.3, 0.4) is 0 Å². The van der Waals surface area contributed by atoms with Crippen LogP contribution in [0.15, 0.2) is 302 Å². The molecule has 12 rings (SSSR count). The highest BCUT2D eigenvalue weighted by molar-refractivity contribution is 5.87. The van der Waals surface area contributed by atoms with Crippen LogP contribution < -0.4 is 19.6 Å². The maximum atomic E-state index is 2.44. The molecule has 4 nitrogen and oxygen atoms in total. The molecule has 0 heterocycles. The lowest BCUT2D eigenvalue weighted by Gasteiger charge is -2.37. The Hall–Kier alpha value is -8.86. The second kappa shape index (κ2) is 19.9. The van der Waals surface area contributed by atoms with Gasteiger partial charge in [0.1, 0.15) is 0 Å². The Morgan fingerprint density at radius 3 is 1.57 bits per heavy atom.